The Labute approximate surface area is 117 Å². The third kappa shape index (κ3) is 1.93. The molecule has 0 radical (unpaired) electrons. The maximum Gasteiger partial charge on any atom is 0.231 e. The van der Waals surface area contributed by atoms with E-state index in [9.17, 15) is 0 Å². The van der Waals surface area contributed by atoms with E-state index in [1.54, 1.807) is 7.11 Å². The Balaban J connectivity index is 1.96. The number of aliphatic imine (C=N–C) groups is 1. The molecule has 0 spiro atoms. The lowest BCUT2D eigenvalue weighted by molar-refractivity contribution is 0.171. The highest BCUT2D eigenvalue weighted by molar-refractivity contribution is 5.80. The highest BCUT2D eigenvalue weighted by atomic mass is 16.7. The number of hydrogen-bond donors (Lipinski definition) is 1. The van der Waals surface area contributed by atoms with Crippen molar-refractivity contribution in [3.8, 4) is 17.2 Å². The van der Waals surface area contributed by atoms with Gasteiger partial charge in [0.05, 0.1) is 19.7 Å². The second-order valence-electron chi connectivity index (χ2n) is 4.61. The number of rotatable bonds is 4. The first kappa shape index (κ1) is 12.7. The fraction of sp³-hybridized carbons (Fsp3) is 0.357. The van der Waals surface area contributed by atoms with Crippen LogP contribution in [0.4, 0.5) is 0 Å². The summed E-state index contributed by atoms with van der Waals surface area (Å²) in [7, 11) is 1.61. The van der Waals surface area contributed by atoms with E-state index in [4.69, 9.17) is 19.9 Å². The molecule has 1 aromatic carbocycles. The number of nitrogens with zero attached hydrogens (tertiary/aromatic N) is 2. The van der Waals surface area contributed by atoms with Crippen molar-refractivity contribution in [3.05, 3.63) is 30.4 Å². The predicted octanol–water partition coefficient (Wildman–Crippen LogP) is 1.28. The van der Waals surface area contributed by atoms with Gasteiger partial charge >= 0.3 is 0 Å². The first-order valence-electron chi connectivity index (χ1n) is 6.39. The zero-order chi connectivity index (χ0) is 14.1. The highest BCUT2D eigenvalue weighted by Crippen LogP contribution is 2.44. The molecule has 106 valence electrons. The summed E-state index contributed by atoms with van der Waals surface area (Å²) in [6.45, 7) is 5.24. The van der Waals surface area contributed by atoms with Crippen LogP contribution in [0.1, 0.15) is 11.6 Å². The zero-order valence-corrected chi connectivity index (χ0v) is 11.3. The molecular weight excluding hydrogens is 258 g/mol. The molecule has 1 aromatic rings. The highest BCUT2D eigenvalue weighted by Gasteiger charge is 2.29. The van der Waals surface area contributed by atoms with E-state index in [0.29, 0.717) is 36.3 Å². The molecule has 2 N–H and O–H groups in total. The number of benzene rings is 1. The van der Waals surface area contributed by atoms with Gasteiger partial charge in [0.15, 0.2) is 17.5 Å². The van der Waals surface area contributed by atoms with Crippen LogP contribution in [0.2, 0.25) is 0 Å². The fourth-order valence-electron chi connectivity index (χ4n) is 2.52. The molecular formula is C14H17N3O3. The molecule has 2 heterocycles. The van der Waals surface area contributed by atoms with Gasteiger partial charge in [-0.15, -0.1) is 6.58 Å². The Morgan fingerprint density at radius 3 is 3.15 bits per heavy atom. The molecule has 0 aromatic heterocycles. The molecule has 6 nitrogen and oxygen atoms in total. The molecule has 0 saturated heterocycles. The molecule has 6 heteroatoms. The van der Waals surface area contributed by atoms with Crippen molar-refractivity contribution in [2.24, 2.45) is 10.7 Å². The lowest BCUT2D eigenvalue weighted by atomic mass is 10.0. The minimum atomic E-state index is 0.0661. The zero-order valence-electron chi connectivity index (χ0n) is 11.3. The lowest BCUT2D eigenvalue weighted by Gasteiger charge is -2.25. The fourth-order valence-corrected chi connectivity index (χ4v) is 2.52. The Morgan fingerprint density at radius 1 is 1.55 bits per heavy atom. The minimum absolute atomic E-state index is 0.0661. The summed E-state index contributed by atoms with van der Waals surface area (Å²) in [6.07, 6.45) is 1.81. The average Bonchev–Trinajstić information content (AvgIpc) is 3.06. The van der Waals surface area contributed by atoms with Crippen LogP contribution >= 0.6 is 0 Å². The van der Waals surface area contributed by atoms with Crippen LogP contribution < -0.4 is 19.9 Å². The summed E-state index contributed by atoms with van der Waals surface area (Å²) in [5.41, 5.74) is 6.96. The molecule has 0 bridgehead atoms. The third-order valence-electron chi connectivity index (χ3n) is 3.49. The largest absolute Gasteiger partial charge is 0.493 e. The van der Waals surface area contributed by atoms with Gasteiger partial charge < -0.3 is 24.8 Å². The second-order valence-corrected chi connectivity index (χ2v) is 4.61. The van der Waals surface area contributed by atoms with Gasteiger partial charge in [0, 0.05) is 6.54 Å². The van der Waals surface area contributed by atoms with Gasteiger partial charge in [-0.05, 0) is 17.7 Å². The van der Waals surface area contributed by atoms with Crippen molar-refractivity contribution >= 4 is 5.96 Å². The Bertz CT molecular complexity index is 571. The van der Waals surface area contributed by atoms with Crippen molar-refractivity contribution in [3.63, 3.8) is 0 Å². The molecule has 0 aliphatic carbocycles. The van der Waals surface area contributed by atoms with Crippen LogP contribution in [0.5, 0.6) is 17.2 Å². The monoisotopic (exact) mass is 275 g/mol. The maximum atomic E-state index is 5.92. The summed E-state index contributed by atoms with van der Waals surface area (Å²) >= 11 is 0. The van der Waals surface area contributed by atoms with E-state index >= 15 is 0 Å². The number of nitrogens with two attached hydrogens (primary N) is 1. The lowest BCUT2D eigenvalue weighted by Crippen LogP contribution is -2.36. The van der Waals surface area contributed by atoms with Crippen LogP contribution in [0, 0.1) is 0 Å². The van der Waals surface area contributed by atoms with Crippen LogP contribution in [0.25, 0.3) is 0 Å². The number of guanidine groups is 1. The van der Waals surface area contributed by atoms with Crippen LogP contribution in [0.15, 0.2) is 29.8 Å². The molecule has 0 fully saturated rings. The van der Waals surface area contributed by atoms with Crippen molar-refractivity contribution < 1.29 is 14.2 Å². The number of methoxy groups -OCH3 is 1. The quantitative estimate of drug-likeness (QED) is 0.838. The smallest absolute Gasteiger partial charge is 0.231 e. The summed E-state index contributed by atoms with van der Waals surface area (Å²) in [4.78, 5) is 6.31. The van der Waals surface area contributed by atoms with E-state index < -0.39 is 0 Å². The number of fused-ring (bicyclic) bond motifs is 1. The summed E-state index contributed by atoms with van der Waals surface area (Å²) < 4.78 is 16.2. The normalized spacial score (nSPS) is 19.9. The van der Waals surface area contributed by atoms with Crippen molar-refractivity contribution in [1.82, 2.24) is 4.90 Å². The molecule has 2 aliphatic rings. The van der Waals surface area contributed by atoms with E-state index in [1.807, 2.05) is 23.1 Å². The molecule has 20 heavy (non-hydrogen) atoms. The standard InChI is InChI=1S/C14H17N3O3/c1-3-4-17-10(7-16-14(17)15)9-5-11(18-2)13-12(6-9)19-8-20-13/h3,5-6,10H,1,4,7-8H2,2H3,(H2,15,16). The summed E-state index contributed by atoms with van der Waals surface area (Å²) in [6, 6.07) is 3.97. The molecule has 3 rings (SSSR count). The topological polar surface area (TPSA) is 69.3 Å². The third-order valence-corrected chi connectivity index (χ3v) is 3.49. The van der Waals surface area contributed by atoms with Gasteiger partial charge in [-0.3, -0.25) is 4.99 Å². The number of ether oxygens (including phenoxy) is 3. The van der Waals surface area contributed by atoms with E-state index in [0.717, 1.165) is 5.56 Å². The van der Waals surface area contributed by atoms with E-state index in [2.05, 4.69) is 11.6 Å². The summed E-state index contributed by atoms with van der Waals surface area (Å²) in [5, 5.41) is 0. The van der Waals surface area contributed by atoms with E-state index in [-0.39, 0.29) is 12.8 Å². The predicted molar refractivity (Wildman–Crippen MR) is 75.3 cm³/mol. The van der Waals surface area contributed by atoms with Gasteiger partial charge in [0.2, 0.25) is 12.5 Å². The average molecular weight is 275 g/mol. The Hall–Kier alpha value is -2.37. The number of hydrogen-bond acceptors (Lipinski definition) is 6. The van der Waals surface area contributed by atoms with Gasteiger partial charge in [0.25, 0.3) is 0 Å². The van der Waals surface area contributed by atoms with E-state index in [1.165, 1.54) is 0 Å². The SMILES string of the molecule is C=CCN1C(N)=NCC1c1cc(OC)c2c(c1)OCO2. The maximum absolute atomic E-state index is 5.92. The first-order valence-corrected chi connectivity index (χ1v) is 6.39. The molecule has 0 amide bonds. The summed E-state index contributed by atoms with van der Waals surface area (Å²) in [5.74, 6) is 2.55. The van der Waals surface area contributed by atoms with Crippen molar-refractivity contribution in [2.75, 3.05) is 27.0 Å². The van der Waals surface area contributed by atoms with Gasteiger partial charge in [0.1, 0.15) is 0 Å². The molecule has 0 saturated carbocycles. The Morgan fingerprint density at radius 2 is 2.40 bits per heavy atom. The molecule has 1 atom stereocenters. The van der Waals surface area contributed by atoms with Gasteiger partial charge in [-0.25, -0.2) is 0 Å². The van der Waals surface area contributed by atoms with Crippen LogP contribution in [0.3, 0.4) is 0 Å². The minimum Gasteiger partial charge on any atom is -0.493 e. The molecule has 2 aliphatic heterocycles. The van der Waals surface area contributed by atoms with Gasteiger partial charge in [-0.1, -0.05) is 6.08 Å². The van der Waals surface area contributed by atoms with Gasteiger partial charge in [-0.2, -0.15) is 0 Å². The van der Waals surface area contributed by atoms with Crippen molar-refractivity contribution in [1.29, 1.82) is 0 Å². The molecule has 1 unspecified atom stereocenters. The van der Waals surface area contributed by atoms with Crippen LogP contribution in [-0.2, 0) is 0 Å². The second kappa shape index (κ2) is 4.96. The van der Waals surface area contributed by atoms with Crippen molar-refractivity contribution in [2.45, 2.75) is 6.04 Å². The Kier molecular flexibility index (Phi) is 3.14. The van der Waals surface area contributed by atoms with Crippen LogP contribution in [-0.4, -0.2) is 37.9 Å². The first-order chi connectivity index (χ1) is 9.74.